The second kappa shape index (κ2) is 4.45. The van der Waals surface area contributed by atoms with E-state index in [9.17, 15) is 4.79 Å². The lowest BCUT2D eigenvalue weighted by Crippen LogP contribution is -2.20. The number of carbonyl (C=O) groups excluding carboxylic acids is 1. The number of benzene rings is 1. The smallest absolute Gasteiger partial charge is 0.167 e. The summed E-state index contributed by atoms with van der Waals surface area (Å²) < 4.78 is 5.32. The van der Waals surface area contributed by atoms with Crippen LogP contribution in [0.25, 0.3) is 0 Å². The third kappa shape index (κ3) is 1.78. The number of fused-ring (bicyclic) bond motifs is 1. The predicted octanol–water partition coefficient (Wildman–Crippen LogP) is 3.75. The number of aryl methyl sites for hydroxylation is 1. The summed E-state index contributed by atoms with van der Waals surface area (Å²) in [4.78, 5) is 12.2. The Morgan fingerprint density at radius 2 is 2.17 bits per heavy atom. The van der Waals surface area contributed by atoms with E-state index in [1.807, 2.05) is 13.0 Å². The van der Waals surface area contributed by atoms with E-state index < -0.39 is 0 Å². The van der Waals surface area contributed by atoms with Gasteiger partial charge in [0.15, 0.2) is 5.78 Å². The first-order valence-electron chi connectivity index (χ1n) is 6.47. The molecule has 2 nitrogen and oxygen atoms in total. The van der Waals surface area contributed by atoms with Crippen LogP contribution in [-0.2, 0) is 12.8 Å². The van der Waals surface area contributed by atoms with Crippen molar-refractivity contribution in [1.29, 1.82) is 0 Å². The van der Waals surface area contributed by atoms with Crippen LogP contribution in [0.15, 0.2) is 41.0 Å². The first-order chi connectivity index (χ1) is 8.79. The second-order valence-corrected chi connectivity index (χ2v) is 4.84. The fourth-order valence-corrected chi connectivity index (χ4v) is 2.74. The fourth-order valence-electron chi connectivity index (χ4n) is 2.74. The Balaban J connectivity index is 1.74. The van der Waals surface area contributed by atoms with Gasteiger partial charge in [-0.3, -0.25) is 4.79 Å². The van der Waals surface area contributed by atoms with Gasteiger partial charge in [0.2, 0.25) is 0 Å². The van der Waals surface area contributed by atoms with Gasteiger partial charge < -0.3 is 4.42 Å². The van der Waals surface area contributed by atoms with Crippen molar-refractivity contribution in [2.24, 2.45) is 0 Å². The van der Waals surface area contributed by atoms with E-state index in [0.717, 1.165) is 24.2 Å². The van der Waals surface area contributed by atoms with Crippen LogP contribution in [-0.4, -0.2) is 5.78 Å². The summed E-state index contributed by atoms with van der Waals surface area (Å²) in [5.41, 5.74) is 3.49. The fraction of sp³-hybridized carbons (Fsp3) is 0.312. The molecule has 0 saturated carbocycles. The Labute approximate surface area is 107 Å². The third-order valence-corrected chi connectivity index (χ3v) is 3.76. The Morgan fingerprint density at radius 1 is 1.33 bits per heavy atom. The maximum absolute atomic E-state index is 12.2. The van der Waals surface area contributed by atoms with Crippen molar-refractivity contribution in [3.63, 3.8) is 0 Å². The van der Waals surface area contributed by atoms with Gasteiger partial charge in [-0.1, -0.05) is 31.2 Å². The molecule has 1 aromatic carbocycles. The molecular formula is C16H16O2. The van der Waals surface area contributed by atoms with Crippen LogP contribution >= 0.6 is 0 Å². The number of carbonyl (C=O) groups is 1. The van der Waals surface area contributed by atoms with Gasteiger partial charge in [-0.2, -0.15) is 0 Å². The lowest BCUT2D eigenvalue weighted by atomic mass is 9.74. The van der Waals surface area contributed by atoms with Crippen LogP contribution in [0.2, 0.25) is 0 Å². The number of hydrogen-bond donors (Lipinski definition) is 0. The maximum Gasteiger partial charge on any atom is 0.167 e. The zero-order chi connectivity index (χ0) is 12.5. The number of furan rings is 1. The van der Waals surface area contributed by atoms with Crippen LogP contribution in [0.5, 0.6) is 0 Å². The van der Waals surface area contributed by atoms with E-state index in [2.05, 4.69) is 18.2 Å². The zero-order valence-corrected chi connectivity index (χ0v) is 10.5. The Hall–Kier alpha value is -1.83. The second-order valence-electron chi connectivity index (χ2n) is 4.84. The molecule has 2 aromatic rings. The number of hydrogen-bond acceptors (Lipinski definition) is 2. The SMILES string of the molecule is CCc1occc1C(=O)CC1Cc2ccccc21. The summed E-state index contributed by atoms with van der Waals surface area (Å²) in [6.45, 7) is 2.01. The quantitative estimate of drug-likeness (QED) is 0.762. The molecule has 1 aliphatic rings. The van der Waals surface area contributed by atoms with Gasteiger partial charge in [0.1, 0.15) is 5.76 Å². The maximum atomic E-state index is 12.2. The molecule has 0 saturated heterocycles. The molecule has 1 atom stereocenters. The standard InChI is InChI=1S/C16H16O2/c1-2-16-14(7-8-18-16)15(17)10-12-9-11-5-3-4-6-13(11)12/h3-8,12H,2,9-10H2,1H3. The molecule has 0 radical (unpaired) electrons. The highest BCUT2D eigenvalue weighted by Crippen LogP contribution is 2.38. The minimum atomic E-state index is 0.208. The molecule has 92 valence electrons. The summed E-state index contributed by atoms with van der Waals surface area (Å²) in [5, 5.41) is 0. The number of ketones is 1. The van der Waals surface area contributed by atoms with Crippen molar-refractivity contribution in [2.75, 3.05) is 0 Å². The molecule has 1 unspecified atom stereocenters. The summed E-state index contributed by atoms with van der Waals surface area (Å²) in [6.07, 6.45) is 4.01. The lowest BCUT2D eigenvalue weighted by Gasteiger charge is -2.29. The van der Waals surface area contributed by atoms with E-state index in [4.69, 9.17) is 4.42 Å². The number of rotatable bonds is 4. The molecule has 2 heteroatoms. The van der Waals surface area contributed by atoms with Crippen LogP contribution in [0, 0.1) is 0 Å². The van der Waals surface area contributed by atoms with Crippen molar-refractivity contribution in [3.8, 4) is 0 Å². The monoisotopic (exact) mass is 240 g/mol. The zero-order valence-electron chi connectivity index (χ0n) is 10.5. The van der Waals surface area contributed by atoms with Crippen molar-refractivity contribution in [3.05, 3.63) is 59.0 Å². The van der Waals surface area contributed by atoms with Crippen LogP contribution in [0.1, 0.15) is 46.5 Å². The van der Waals surface area contributed by atoms with Gasteiger partial charge >= 0.3 is 0 Å². The molecule has 1 heterocycles. The highest BCUT2D eigenvalue weighted by atomic mass is 16.3. The summed E-state index contributed by atoms with van der Waals surface area (Å²) in [6, 6.07) is 10.2. The molecule has 0 bridgehead atoms. The molecule has 18 heavy (non-hydrogen) atoms. The Kier molecular flexibility index (Phi) is 2.78. The van der Waals surface area contributed by atoms with E-state index in [1.54, 1.807) is 12.3 Å². The van der Waals surface area contributed by atoms with E-state index in [0.29, 0.717) is 12.3 Å². The molecule has 3 rings (SSSR count). The first-order valence-corrected chi connectivity index (χ1v) is 6.47. The van der Waals surface area contributed by atoms with E-state index in [-0.39, 0.29) is 5.78 Å². The van der Waals surface area contributed by atoms with Gasteiger partial charge in [-0.05, 0) is 29.5 Å². The molecule has 0 aliphatic heterocycles. The highest BCUT2D eigenvalue weighted by Gasteiger charge is 2.28. The summed E-state index contributed by atoms with van der Waals surface area (Å²) >= 11 is 0. The Morgan fingerprint density at radius 3 is 2.94 bits per heavy atom. The lowest BCUT2D eigenvalue weighted by molar-refractivity contribution is 0.0968. The molecule has 1 aromatic heterocycles. The average Bonchev–Trinajstić information content (AvgIpc) is 2.84. The van der Waals surface area contributed by atoms with Gasteiger partial charge in [0.25, 0.3) is 0 Å². The third-order valence-electron chi connectivity index (χ3n) is 3.76. The molecule has 0 fully saturated rings. The minimum absolute atomic E-state index is 0.208. The topological polar surface area (TPSA) is 30.2 Å². The summed E-state index contributed by atoms with van der Waals surface area (Å²) in [5.74, 6) is 1.42. The normalized spacial score (nSPS) is 17.1. The minimum Gasteiger partial charge on any atom is -0.469 e. The largest absolute Gasteiger partial charge is 0.469 e. The molecular weight excluding hydrogens is 224 g/mol. The van der Waals surface area contributed by atoms with Crippen LogP contribution < -0.4 is 0 Å². The summed E-state index contributed by atoms with van der Waals surface area (Å²) in [7, 11) is 0. The molecule has 0 spiro atoms. The van der Waals surface area contributed by atoms with E-state index >= 15 is 0 Å². The molecule has 1 aliphatic carbocycles. The highest BCUT2D eigenvalue weighted by molar-refractivity contribution is 5.97. The Bertz CT molecular complexity index is 580. The first kappa shape index (κ1) is 11.3. The average molecular weight is 240 g/mol. The van der Waals surface area contributed by atoms with Crippen molar-refractivity contribution < 1.29 is 9.21 Å². The number of Topliss-reactive ketones (excluding diaryl/α,β-unsaturated/α-hetero) is 1. The molecule has 0 amide bonds. The van der Waals surface area contributed by atoms with Gasteiger partial charge in [-0.15, -0.1) is 0 Å². The van der Waals surface area contributed by atoms with Gasteiger partial charge in [-0.25, -0.2) is 0 Å². The van der Waals surface area contributed by atoms with Crippen molar-refractivity contribution in [1.82, 2.24) is 0 Å². The van der Waals surface area contributed by atoms with Crippen LogP contribution in [0.4, 0.5) is 0 Å². The van der Waals surface area contributed by atoms with Crippen molar-refractivity contribution in [2.45, 2.75) is 32.1 Å². The predicted molar refractivity (Wildman–Crippen MR) is 69.9 cm³/mol. The van der Waals surface area contributed by atoms with Crippen molar-refractivity contribution >= 4 is 5.78 Å². The van der Waals surface area contributed by atoms with E-state index in [1.165, 1.54) is 11.1 Å². The molecule has 0 N–H and O–H groups in total. The van der Waals surface area contributed by atoms with Gasteiger partial charge in [0, 0.05) is 12.8 Å². The van der Waals surface area contributed by atoms with Crippen LogP contribution in [0.3, 0.4) is 0 Å². The van der Waals surface area contributed by atoms with Gasteiger partial charge in [0.05, 0.1) is 11.8 Å².